The lowest BCUT2D eigenvalue weighted by molar-refractivity contribution is -0.128. The van der Waals surface area contributed by atoms with Crippen molar-refractivity contribution in [2.45, 2.75) is 12.6 Å². The summed E-state index contributed by atoms with van der Waals surface area (Å²) in [5, 5.41) is -0.405. The van der Waals surface area contributed by atoms with Gasteiger partial charge in [-0.2, -0.15) is 0 Å². The summed E-state index contributed by atoms with van der Waals surface area (Å²) < 4.78 is 5.28. The van der Waals surface area contributed by atoms with E-state index in [-0.39, 0.29) is 12.4 Å². The minimum absolute atomic E-state index is 0. The van der Waals surface area contributed by atoms with Crippen LogP contribution in [0.4, 0.5) is 0 Å². The van der Waals surface area contributed by atoms with Crippen LogP contribution < -0.4 is 0 Å². The molecule has 5 heteroatoms. The third-order valence-corrected chi connectivity index (χ3v) is 2.90. The van der Waals surface area contributed by atoms with Crippen molar-refractivity contribution in [1.29, 1.82) is 0 Å². The molecule has 1 unspecified atom stereocenters. The molecule has 1 atom stereocenters. The van der Waals surface area contributed by atoms with Crippen molar-refractivity contribution in [3.8, 4) is 0 Å². The quantitative estimate of drug-likeness (QED) is 0.792. The maximum atomic E-state index is 11.0. The molecule has 1 saturated heterocycles. The van der Waals surface area contributed by atoms with Crippen molar-refractivity contribution in [2.24, 2.45) is 0 Å². The Bertz CT molecular complexity index is 359. The van der Waals surface area contributed by atoms with Crippen molar-refractivity contribution < 1.29 is 9.53 Å². The van der Waals surface area contributed by atoms with Crippen molar-refractivity contribution in [1.82, 2.24) is 4.90 Å². The van der Waals surface area contributed by atoms with Gasteiger partial charge in [-0.15, -0.1) is 12.4 Å². The molecule has 94 valence electrons. The molecule has 0 spiro atoms. The number of ether oxygens (including phenoxy) is 1. The van der Waals surface area contributed by atoms with Gasteiger partial charge in [-0.3, -0.25) is 9.69 Å². The number of nitrogens with zero attached hydrogens (tertiary/aromatic N) is 1. The summed E-state index contributed by atoms with van der Waals surface area (Å²) in [7, 11) is 0. The summed E-state index contributed by atoms with van der Waals surface area (Å²) in [4.78, 5) is 13.2. The number of morpholine rings is 1. The van der Waals surface area contributed by atoms with Crippen molar-refractivity contribution >= 4 is 29.3 Å². The summed E-state index contributed by atoms with van der Waals surface area (Å²) in [6, 6.07) is 10.2. The molecule has 17 heavy (non-hydrogen) atoms. The number of hydrogen-bond acceptors (Lipinski definition) is 3. The number of carbonyl (C=O) groups excluding carboxylic acids is 1. The Labute approximate surface area is 112 Å². The second-order valence-electron chi connectivity index (χ2n) is 3.88. The Kier molecular flexibility index (Phi) is 5.92. The van der Waals surface area contributed by atoms with Crippen LogP contribution in [-0.4, -0.2) is 35.9 Å². The predicted molar refractivity (Wildman–Crippen MR) is 69.6 cm³/mol. The first-order chi connectivity index (χ1) is 7.75. The van der Waals surface area contributed by atoms with Crippen LogP contribution in [0.15, 0.2) is 30.3 Å². The minimum atomic E-state index is -0.473. The summed E-state index contributed by atoms with van der Waals surface area (Å²) in [5.74, 6) is 0. The fraction of sp³-hybridized carbons (Fsp3) is 0.417. The zero-order chi connectivity index (χ0) is 11.4. The van der Waals surface area contributed by atoms with Gasteiger partial charge >= 0.3 is 0 Å². The fourth-order valence-corrected chi connectivity index (χ4v) is 1.96. The molecule has 0 radical (unpaired) electrons. The van der Waals surface area contributed by atoms with Crippen LogP contribution in [0.5, 0.6) is 0 Å². The van der Waals surface area contributed by atoms with E-state index in [1.54, 1.807) is 0 Å². The van der Waals surface area contributed by atoms with E-state index in [2.05, 4.69) is 17.0 Å². The van der Waals surface area contributed by atoms with Gasteiger partial charge in [-0.25, -0.2) is 0 Å². The molecule has 1 aliphatic rings. The van der Waals surface area contributed by atoms with Gasteiger partial charge in [0.25, 0.3) is 5.24 Å². The molecule has 0 bridgehead atoms. The Morgan fingerprint density at radius 1 is 1.41 bits per heavy atom. The van der Waals surface area contributed by atoms with E-state index < -0.39 is 11.3 Å². The van der Waals surface area contributed by atoms with Crippen molar-refractivity contribution in [2.75, 3.05) is 19.7 Å². The van der Waals surface area contributed by atoms with E-state index in [1.807, 2.05) is 18.2 Å². The topological polar surface area (TPSA) is 29.5 Å². The molecule has 1 aliphatic heterocycles. The zero-order valence-corrected chi connectivity index (χ0v) is 10.9. The van der Waals surface area contributed by atoms with E-state index in [9.17, 15) is 4.79 Å². The maximum absolute atomic E-state index is 11.0. The molecule has 2 rings (SSSR count). The lowest BCUT2D eigenvalue weighted by Crippen LogP contribution is -2.44. The highest BCUT2D eigenvalue weighted by Gasteiger charge is 2.24. The zero-order valence-electron chi connectivity index (χ0n) is 9.34. The van der Waals surface area contributed by atoms with Gasteiger partial charge in [0.2, 0.25) is 0 Å². The lowest BCUT2D eigenvalue weighted by atomic mass is 10.2. The summed E-state index contributed by atoms with van der Waals surface area (Å²) in [6.07, 6.45) is -0.473. The van der Waals surface area contributed by atoms with Gasteiger partial charge in [0.1, 0.15) is 6.10 Å². The monoisotopic (exact) mass is 275 g/mol. The molecule has 0 aliphatic carbocycles. The van der Waals surface area contributed by atoms with E-state index in [0.717, 1.165) is 13.1 Å². The molecule has 3 nitrogen and oxygen atoms in total. The van der Waals surface area contributed by atoms with Crippen LogP contribution in [0.2, 0.25) is 0 Å². The first-order valence-electron chi connectivity index (χ1n) is 5.33. The second-order valence-corrected chi connectivity index (χ2v) is 4.26. The van der Waals surface area contributed by atoms with Crippen LogP contribution in [0.25, 0.3) is 0 Å². The average molecular weight is 276 g/mol. The van der Waals surface area contributed by atoms with Crippen LogP contribution >= 0.6 is 24.0 Å². The lowest BCUT2D eigenvalue weighted by Gasteiger charge is -2.31. The average Bonchev–Trinajstić information content (AvgIpc) is 2.30. The van der Waals surface area contributed by atoms with Gasteiger partial charge in [0.05, 0.1) is 6.61 Å². The molecule has 0 saturated carbocycles. The summed E-state index contributed by atoms with van der Waals surface area (Å²) >= 11 is 5.43. The molecule has 1 fully saturated rings. The highest BCUT2D eigenvalue weighted by atomic mass is 35.5. The van der Waals surface area contributed by atoms with Gasteiger partial charge in [-0.05, 0) is 17.2 Å². The Morgan fingerprint density at radius 2 is 2.12 bits per heavy atom. The number of rotatable bonds is 3. The van der Waals surface area contributed by atoms with Gasteiger partial charge in [0, 0.05) is 19.6 Å². The third-order valence-electron chi connectivity index (χ3n) is 2.65. The molecule has 1 aromatic rings. The molecular formula is C12H15Cl2NO2. The van der Waals surface area contributed by atoms with Crippen molar-refractivity contribution in [3.63, 3.8) is 0 Å². The largest absolute Gasteiger partial charge is 0.366 e. The highest BCUT2D eigenvalue weighted by molar-refractivity contribution is 6.64. The Balaban J connectivity index is 0.00000144. The number of hydrogen-bond donors (Lipinski definition) is 0. The van der Waals surface area contributed by atoms with E-state index in [0.29, 0.717) is 13.2 Å². The van der Waals surface area contributed by atoms with E-state index in [4.69, 9.17) is 16.3 Å². The summed E-state index contributed by atoms with van der Waals surface area (Å²) in [6.45, 7) is 2.83. The molecule has 0 amide bonds. The molecule has 0 N–H and O–H groups in total. The normalized spacial score (nSPS) is 20.6. The Morgan fingerprint density at radius 3 is 2.76 bits per heavy atom. The SMILES string of the molecule is Cl.O=C(Cl)C1CN(Cc2ccccc2)CCO1. The summed E-state index contributed by atoms with van der Waals surface area (Å²) in [5.41, 5.74) is 1.24. The van der Waals surface area contributed by atoms with Crippen molar-refractivity contribution in [3.05, 3.63) is 35.9 Å². The highest BCUT2D eigenvalue weighted by Crippen LogP contribution is 2.11. The van der Waals surface area contributed by atoms with Crippen LogP contribution in [0.1, 0.15) is 5.56 Å². The maximum Gasteiger partial charge on any atom is 0.251 e. The first kappa shape index (κ1) is 14.5. The standard InChI is InChI=1S/C12H14ClNO2.ClH/c13-12(15)11-9-14(6-7-16-11)8-10-4-2-1-3-5-10;/h1-5,11H,6-9H2;1H. The number of benzene rings is 1. The molecule has 0 aromatic heterocycles. The van der Waals surface area contributed by atoms with E-state index >= 15 is 0 Å². The van der Waals surface area contributed by atoms with Gasteiger partial charge in [0.15, 0.2) is 0 Å². The second kappa shape index (κ2) is 6.97. The molecular weight excluding hydrogens is 261 g/mol. The van der Waals surface area contributed by atoms with Gasteiger partial charge < -0.3 is 4.74 Å². The molecule has 1 aromatic carbocycles. The third kappa shape index (κ3) is 4.28. The van der Waals surface area contributed by atoms with Gasteiger partial charge in [-0.1, -0.05) is 30.3 Å². The molecule has 1 heterocycles. The van der Waals surface area contributed by atoms with Crippen LogP contribution in [-0.2, 0) is 16.1 Å². The predicted octanol–water partition coefficient (Wildman–Crippen LogP) is 2.07. The van der Waals surface area contributed by atoms with Crippen LogP contribution in [0, 0.1) is 0 Å². The number of carbonyl (C=O) groups is 1. The van der Waals surface area contributed by atoms with E-state index in [1.165, 1.54) is 5.56 Å². The Hall–Kier alpha value is -0.610. The smallest absolute Gasteiger partial charge is 0.251 e. The minimum Gasteiger partial charge on any atom is -0.366 e. The number of halogens is 2. The fourth-order valence-electron chi connectivity index (χ4n) is 1.83. The van der Waals surface area contributed by atoms with Crippen LogP contribution in [0.3, 0.4) is 0 Å². The first-order valence-corrected chi connectivity index (χ1v) is 5.71.